The molecule has 0 aromatic heterocycles. The van der Waals surface area contributed by atoms with Gasteiger partial charge in [0.05, 0.1) is 12.1 Å². The van der Waals surface area contributed by atoms with Gasteiger partial charge in [-0.2, -0.15) is 0 Å². The molecule has 0 radical (unpaired) electrons. The highest BCUT2D eigenvalue weighted by Gasteiger charge is 2.33. The van der Waals surface area contributed by atoms with Gasteiger partial charge in [0.2, 0.25) is 0 Å². The van der Waals surface area contributed by atoms with Crippen molar-refractivity contribution in [3.63, 3.8) is 0 Å². The first-order valence-electron chi connectivity index (χ1n) is 6.81. The van der Waals surface area contributed by atoms with Gasteiger partial charge in [0.25, 0.3) is 0 Å². The van der Waals surface area contributed by atoms with E-state index in [4.69, 9.17) is 22.2 Å². The second-order valence-corrected chi connectivity index (χ2v) is 6.39. The van der Waals surface area contributed by atoms with E-state index < -0.39 is 0 Å². The monoisotopic (exact) mass is 302 g/mol. The fourth-order valence-corrected chi connectivity index (χ4v) is 2.53. The van der Waals surface area contributed by atoms with E-state index in [1.807, 2.05) is 6.92 Å². The molecule has 114 valence electrons. The zero-order chi connectivity index (χ0) is 15.3. The number of halogens is 2. The summed E-state index contributed by atoms with van der Waals surface area (Å²) in [6.45, 7) is 8.74. The van der Waals surface area contributed by atoms with Gasteiger partial charge in [0.15, 0.2) is 0 Å². The summed E-state index contributed by atoms with van der Waals surface area (Å²) in [5, 5.41) is 0.515. The third-order valence-electron chi connectivity index (χ3n) is 3.23. The zero-order valence-corrected chi connectivity index (χ0v) is 13.3. The third kappa shape index (κ3) is 4.70. The molecule has 0 fully saturated rings. The van der Waals surface area contributed by atoms with E-state index >= 15 is 0 Å². The van der Waals surface area contributed by atoms with Gasteiger partial charge in [-0.25, -0.2) is 4.39 Å². The summed E-state index contributed by atoms with van der Waals surface area (Å²) < 4.78 is 19.6. The highest BCUT2D eigenvalue weighted by Crippen LogP contribution is 2.27. The van der Waals surface area contributed by atoms with Crippen LogP contribution >= 0.6 is 11.6 Å². The molecule has 0 saturated heterocycles. The summed E-state index contributed by atoms with van der Waals surface area (Å²) >= 11 is 5.92. The molecule has 0 bridgehead atoms. The van der Waals surface area contributed by atoms with Crippen molar-refractivity contribution < 1.29 is 9.13 Å². The predicted molar refractivity (Wildman–Crippen MR) is 81.1 cm³/mol. The lowest BCUT2D eigenvalue weighted by Crippen LogP contribution is -2.52. The molecule has 1 rings (SSSR count). The molecule has 0 spiro atoms. The number of rotatable bonds is 6. The highest BCUT2D eigenvalue weighted by molar-refractivity contribution is 6.30. The summed E-state index contributed by atoms with van der Waals surface area (Å²) in [6, 6.07) is 4.35. The minimum Gasteiger partial charge on any atom is -0.376 e. The van der Waals surface area contributed by atoms with Crippen molar-refractivity contribution in [1.29, 1.82) is 0 Å². The maximum Gasteiger partial charge on any atom is 0.126 e. The van der Waals surface area contributed by atoms with Crippen LogP contribution in [0.4, 0.5) is 4.39 Å². The van der Waals surface area contributed by atoms with Gasteiger partial charge in [-0.3, -0.25) is 11.3 Å². The van der Waals surface area contributed by atoms with Gasteiger partial charge in [0.1, 0.15) is 5.82 Å². The minimum atomic E-state index is -0.279. The lowest BCUT2D eigenvalue weighted by atomic mass is 9.82. The number of benzene rings is 1. The first-order chi connectivity index (χ1) is 9.29. The Hall–Kier alpha value is -0.680. The molecule has 0 saturated carbocycles. The lowest BCUT2D eigenvalue weighted by Gasteiger charge is -2.36. The fourth-order valence-electron chi connectivity index (χ4n) is 2.34. The van der Waals surface area contributed by atoms with Crippen LogP contribution in [0, 0.1) is 11.2 Å². The molecule has 2 unspecified atom stereocenters. The van der Waals surface area contributed by atoms with Crippen molar-refractivity contribution in [2.24, 2.45) is 11.3 Å². The zero-order valence-electron chi connectivity index (χ0n) is 12.5. The Morgan fingerprint density at radius 2 is 2.05 bits per heavy atom. The molecule has 0 heterocycles. The fraction of sp³-hybridized carbons (Fsp3) is 0.600. The van der Waals surface area contributed by atoms with E-state index in [1.54, 1.807) is 6.07 Å². The van der Waals surface area contributed by atoms with E-state index in [-0.39, 0.29) is 23.4 Å². The van der Waals surface area contributed by atoms with E-state index in [9.17, 15) is 4.39 Å². The van der Waals surface area contributed by atoms with Crippen LogP contribution in [0.3, 0.4) is 0 Å². The van der Waals surface area contributed by atoms with Gasteiger partial charge in [-0.15, -0.1) is 0 Å². The van der Waals surface area contributed by atoms with Crippen LogP contribution in [0.5, 0.6) is 0 Å². The molecule has 0 aliphatic rings. The minimum absolute atomic E-state index is 0.109. The summed E-state index contributed by atoms with van der Waals surface area (Å²) in [7, 11) is 0. The summed E-state index contributed by atoms with van der Waals surface area (Å²) in [5.74, 6) is 5.37. The average molecular weight is 303 g/mol. The molecule has 0 aliphatic heterocycles. The molecule has 5 heteroatoms. The lowest BCUT2D eigenvalue weighted by molar-refractivity contribution is -0.0357. The predicted octanol–water partition coefficient (Wildman–Crippen LogP) is 3.30. The van der Waals surface area contributed by atoms with Crippen molar-refractivity contribution >= 4 is 11.6 Å². The van der Waals surface area contributed by atoms with Gasteiger partial charge < -0.3 is 4.74 Å². The van der Waals surface area contributed by atoms with Crippen molar-refractivity contribution in [2.45, 2.75) is 46.3 Å². The van der Waals surface area contributed by atoms with Crippen LogP contribution in [0.1, 0.15) is 33.3 Å². The number of nitrogens with two attached hydrogens (primary N) is 1. The van der Waals surface area contributed by atoms with Crippen LogP contribution in [0.25, 0.3) is 0 Å². The molecule has 2 atom stereocenters. The Labute approximate surface area is 125 Å². The highest BCUT2D eigenvalue weighted by atomic mass is 35.5. The molecular formula is C15H24ClFN2O. The summed E-state index contributed by atoms with van der Waals surface area (Å²) in [6.07, 6.45) is 0.293. The molecule has 1 aromatic rings. The largest absolute Gasteiger partial charge is 0.376 e. The van der Waals surface area contributed by atoms with E-state index in [1.165, 1.54) is 12.1 Å². The standard InChI is InChI=1S/C15H24ClFN2O/c1-5-20-14(15(2,3)4)13(19-18)9-10-8-11(16)6-7-12(10)17/h6-8,13-14,19H,5,9,18H2,1-4H3. The summed E-state index contributed by atoms with van der Waals surface area (Å²) in [5.41, 5.74) is 3.18. The van der Waals surface area contributed by atoms with Crippen LogP contribution in [-0.2, 0) is 11.2 Å². The van der Waals surface area contributed by atoms with Crippen LogP contribution < -0.4 is 11.3 Å². The quantitative estimate of drug-likeness (QED) is 0.626. The molecule has 3 N–H and O–H groups in total. The van der Waals surface area contributed by atoms with Crippen LogP contribution in [0.2, 0.25) is 5.02 Å². The molecular weight excluding hydrogens is 279 g/mol. The maximum absolute atomic E-state index is 13.8. The first kappa shape index (κ1) is 17.4. The van der Waals surface area contributed by atoms with Crippen LogP contribution in [0.15, 0.2) is 18.2 Å². The molecule has 0 aliphatic carbocycles. The molecule has 3 nitrogen and oxygen atoms in total. The SMILES string of the molecule is CCOC(C(Cc1cc(Cl)ccc1F)NN)C(C)(C)C. The maximum atomic E-state index is 13.8. The summed E-state index contributed by atoms with van der Waals surface area (Å²) in [4.78, 5) is 0. The number of ether oxygens (including phenoxy) is 1. The normalized spacial score (nSPS) is 15.2. The molecule has 0 amide bonds. The Bertz CT molecular complexity index is 434. The number of hydrazine groups is 1. The number of nitrogens with one attached hydrogen (secondary N) is 1. The van der Waals surface area contributed by atoms with Gasteiger partial charge in [-0.05, 0) is 42.5 Å². The second-order valence-electron chi connectivity index (χ2n) is 5.95. The molecule has 1 aromatic carbocycles. The number of hydrogen-bond donors (Lipinski definition) is 2. The van der Waals surface area contributed by atoms with E-state index in [2.05, 4.69) is 26.2 Å². The topological polar surface area (TPSA) is 47.3 Å². The van der Waals surface area contributed by atoms with Gasteiger partial charge in [-0.1, -0.05) is 32.4 Å². The Morgan fingerprint density at radius 1 is 1.40 bits per heavy atom. The van der Waals surface area contributed by atoms with Gasteiger partial charge >= 0.3 is 0 Å². The second kappa shape index (κ2) is 7.36. The van der Waals surface area contributed by atoms with Crippen molar-refractivity contribution in [3.8, 4) is 0 Å². The Morgan fingerprint density at radius 3 is 2.55 bits per heavy atom. The van der Waals surface area contributed by atoms with Crippen molar-refractivity contribution in [3.05, 3.63) is 34.6 Å². The van der Waals surface area contributed by atoms with E-state index in [0.29, 0.717) is 23.6 Å². The van der Waals surface area contributed by atoms with Crippen LogP contribution in [-0.4, -0.2) is 18.8 Å². The first-order valence-corrected chi connectivity index (χ1v) is 7.19. The van der Waals surface area contributed by atoms with Crippen molar-refractivity contribution in [2.75, 3.05) is 6.61 Å². The Balaban J connectivity index is 2.97. The van der Waals surface area contributed by atoms with Crippen molar-refractivity contribution in [1.82, 2.24) is 5.43 Å². The third-order valence-corrected chi connectivity index (χ3v) is 3.46. The number of hydrogen-bond acceptors (Lipinski definition) is 3. The van der Waals surface area contributed by atoms with Gasteiger partial charge in [0, 0.05) is 11.6 Å². The average Bonchev–Trinajstić information content (AvgIpc) is 2.36. The molecule has 20 heavy (non-hydrogen) atoms. The Kier molecular flexibility index (Phi) is 6.40. The smallest absolute Gasteiger partial charge is 0.126 e. The van der Waals surface area contributed by atoms with E-state index in [0.717, 1.165) is 0 Å².